The van der Waals surface area contributed by atoms with Gasteiger partial charge in [-0.05, 0) is 32.0 Å². The number of hydrogen-bond acceptors (Lipinski definition) is 3. The highest BCUT2D eigenvalue weighted by atomic mass is 16.5. The van der Waals surface area contributed by atoms with Crippen molar-refractivity contribution in [3.8, 4) is 11.8 Å². The highest BCUT2D eigenvalue weighted by Crippen LogP contribution is 2.15. The molecule has 112 valence electrons. The van der Waals surface area contributed by atoms with Crippen LogP contribution in [0.5, 0.6) is 0 Å². The van der Waals surface area contributed by atoms with Gasteiger partial charge in [-0.1, -0.05) is 17.9 Å². The second-order valence-corrected chi connectivity index (χ2v) is 5.32. The molecule has 0 radical (unpaired) electrons. The molecule has 1 saturated heterocycles. The third-order valence-electron chi connectivity index (χ3n) is 3.29. The number of aliphatic hydroxyl groups excluding tert-OH is 1. The molecule has 0 bridgehead atoms. The van der Waals surface area contributed by atoms with Crippen LogP contribution in [0.15, 0.2) is 24.3 Å². The van der Waals surface area contributed by atoms with Crippen molar-refractivity contribution in [3.63, 3.8) is 0 Å². The average Bonchev–Trinajstić information content (AvgIpc) is 2.46. The van der Waals surface area contributed by atoms with Crippen LogP contribution in [0.4, 0.5) is 0 Å². The minimum atomic E-state index is 0.0165. The van der Waals surface area contributed by atoms with Crippen molar-refractivity contribution >= 4 is 5.91 Å². The maximum absolute atomic E-state index is 12.6. The Morgan fingerprint density at radius 1 is 1.38 bits per heavy atom. The summed E-state index contributed by atoms with van der Waals surface area (Å²) in [4.78, 5) is 14.4. The van der Waals surface area contributed by atoms with Gasteiger partial charge in [0.25, 0.3) is 5.91 Å². The van der Waals surface area contributed by atoms with Crippen LogP contribution < -0.4 is 0 Å². The van der Waals surface area contributed by atoms with Gasteiger partial charge in [0.1, 0.15) is 0 Å². The number of benzene rings is 1. The van der Waals surface area contributed by atoms with Crippen molar-refractivity contribution in [1.29, 1.82) is 0 Å². The van der Waals surface area contributed by atoms with Crippen LogP contribution in [0.1, 0.15) is 36.2 Å². The average molecular weight is 287 g/mol. The molecule has 2 atom stereocenters. The minimum Gasteiger partial charge on any atom is -0.395 e. The van der Waals surface area contributed by atoms with E-state index in [1.54, 1.807) is 6.07 Å². The largest absolute Gasteiger partial charge is 0.395 e. The van der Waals surface area contributed by atoms with Crippen LogP contribution in [0.3, 0.4) is 0 Å². The smallest absolute Gasteiger partial charge is 0.254 e. The summed E-state index contributed by atoms with van der Waals surface area (Å²) >= 11 is 0. The van der Waals surface area contributed by atoms with Gasteiger partial charge in [-0.3, -0.25) is 4.79 Å². The first-order chi connectivity index (χ1) is 10.1. The fourth-order valence-electron chi connectivity index (χ4n) is 2.48. The van der Waals surface area contributed by atoms with Crippen LogP contribution in [0.2, 0.25) is 0 Å². The van der Waals surface area contributed by atoms with E-state index in [-0.39, 0.29) is 24.7 Å². The maximum Gasteiger partial charge on any atom is 0.254 e. The third-order valence-corrected chi connectivity index (χ3v) is 3.29. The SMILES string of the molecule is C[C@@H]1CN(C(=O)c2cccc(C#CCCO)c2)C[C@H](C)O1. The Morgan fingerprint density at radius 3 is 2.76 bits per heavy atom. The zero-order chi connectivity index (χ0) is 15.2. The molecule has 2 rings (SSSR count). The summed E-state index contributed by atoms with van der Waals surface area (Å²) in [6, 6.07) is 7.32. The molecule has 0 spiro atoms. The van der Waals surface area contributed by atoms with E-state index >= 15 is 0 Å². The Labute approximate surface area is 125 Å². The summed E-state index contributed by atoms with van der Waals surface area (Å²) < 4.78 is 5.65. The molecule has 0 unspecified atom stereocenters. The summed E-state index contributed by atoms with van der Waals surface area (Å²) in [7, 11) is 0. The van der Waals surface area contributed by atoms with Gasteiger partial charge in [0.2, 0.25) is 0 Å². The Morgan fingerprint density at radius 2 is 2.10 bits per heavy atom. The van der Waals surface area contributed by atoms with E-state index in [2.05, 4.69) is 11.8 Å². The number of morpholine rings is 1. The van der Waals surface area contributed by atoms with Crippen molar-refractivity contribution in [2.24, 2.45) is 0 Å². The van der Waals surface area contributed by atoms with Gasteiger partial charge in [0, 0.05) is 30.6 Å². The van der Waals surface area contributed by atoms with Gasteiger partial charge in [0.05, 0.1) is 18.8 Å². The predicted octanol–water partition coefficient (Wildman–Crippen LogP) is 1.67. The van der Waals surface area contributed by atoms with Crippen LogP contribution in [0, 0.1) is 11.8 Å². The Hall–Kier alpha value is -1.83. The van der Waals surface area contributed by atoms with Crippen LogP contribution >= 0.6 is 0 Å². The fraction of sp³-hybridized carbons (Fsp3) is 0.471. The van der Waals surface area contributed by atoms with Gasteiger partial charge in [0.15, 0.2) is 0 Å². The molecule has 21 heavy (non-hydrogen) atoms. The van der Waals surface area contributed by atoms with E-state index < -0.39 is 0 Å². The second-order valence-electron chi connectivity index (χ2n) is 5.32. The number of nitrogens with zero attached hydrogens (tertiary/aromatic N) is 1. The molecule has 4 nitrogen and oxygen atoms in total. The Balaban J connectivity index is 2.12. The summed E-state index contributed by atoms with van der Waals surface area (Å²) in [5.74, 6) is 5.84. The van der Waals surface area contributed by atoms with Gasteiger partial charge in [-0.2, -0.15) is 0 Å². The molecule has 0 aromatic heterocycles. The maximum atomic E-state index is 12.6. The normalized spacial score (nSPS) is 21.6. The van der Waals surface area contributed by atoms with E-state index in [1.165, 1.54) is 0 Å². The molecule has 1 amide bonds. The predicted molar refractivity (Wildman–Crippen MR) is 80.9 cm³/mol. The molecular formula is C17H21NO3. The molecular weight excluding hydrogens is 266 g/mol. The van der Waals surface area contributed by atoms with Gasteiger partial charge in [-0.15, -0.1) is 0 Å². The summed E-state index contributed by atoms with van der Waals surface area (Å²) in [5.41, 5.74) is 1.44. The first-order valence-electron chi connectivity index (χ1n) is 7.24. The van der Waals surface area contributed by atoms with Crippen LogP contribution in [0.25, 0.3) is 0 Å². The first-order valence-corrected chi connectivity index (χ1v) is 7.24. The molecule has 1 heterocycles. The van der Waals surface area contributed by atoms with Gasteiger partial charge >= 0.3 is 0 Å². The van der Waals surface area contributed by atoms with Crippen molar-refractivity contribution in [1.82, 2.24) is 4.90 Å². The molecule has 1 aliphatic rings. The quantitative estimate of drug-likeness (QED) is 0.842. The number of aliphatic hydroxyl groups is 1. The van der Waals surface area contributed by atoms with E-state index in [1.807, 2.05) is 36.9 Å². The van der Waals surface area contributed by atoms with E-state index in [4.69, 9.17) is 9.84 Å². The summed E-state index contributed by atoms with van der Waals surface area (Å²) in [6.45, 7) is 5.24. The number of carbonyl (C=O) groups excluding carboxylic acids is 1. The molecule has 4 heteroatoms. The van der Waals surface area contributed by atoms with Crippen LogP contribution in [-0.2, 0) is 4.74 Å². The van der Waals surface area contributed by atoms with E-state index in [0.717, 1.165) is 5.56 Å². The monoisotopic (exact) mass is 287 g/mol. The lowest BCUT2D eigenvalue weighted by Gasteiger charge is -2.35. The van der Waals surface area contributed by atoms with E-state index in [0.29, 0.717) is 25.1 Å². The lowest BCUT2D eigenvalue weighted by atomic mass is 10.1. The third kappa shape index (κ3) is 4.32. The van der Waals surface area contributed by atoms with Crippen molar-refractivity contribution < 1.29 is 14.6 Å². The number of rotatable bonds is 2. The number of hydrogen-bond donors (Lipinski definition) is 1. The van der Waals surface area contributed by atoms with E-state index in [9.17, 15) is 4.79 Å². The van der Waals surface area contributed by atoms with Gasteiger partial charge in [-0.25, -0.2) is 0 Å². The molecule has 1 fully saturated rings. The number of ether oxygens (including phenoxy) is 1. The summed E-state index contributed by atoms with van der Waals surface area (Å²) in [5, 5.41) is 8.73. The number of amides is 1. The lowest BCUT2D eigenvalue weighted by Crippen LogP contribution is -2.48. The molecule has 0 saturated carbocycles. The Kier molecular flexibility index (Phi) is 5.38. The lowest BCUT2D eigenvalue weighted by molar-refractivity contribution is -0.0586. The topological polar surface area (TPSA) is 49.8 Å². The zero-order valence-corrected chi connectivity index (χ0v) is 12.5. The van der Waals surface area contributed by atoms with Gasteiger partial charge < -0.3 is 14.7 Å². The molecule has 1 aromatic carbocycles. The minimum absolute atomic E-state index is 0.0165. The Bertz CT molecular complexity index is 549. The highest BCUT2D eigenvalue weighted by Gasteiger charge is 2.26. The highest BCUT2D eigenvalue weighted by molar-refractivity contribution is 5.94. The molecule has 0 aliphatic carbocycles. The summed E-state index contributed by atoms with van der Waals surface area (Å²) in [6.07, 6.45) is 0.562. The second kappa shape index (κ2) is 7.26. The molecule has 1 N–H and O–H groups in total. The van der Waals surface area contributed by atoms with Crippen molar-refractivity contribution in [2.75, 3.05) is 19.7 Å². The van der Waals surface area contributed by atoms with Crippen molar-refractivity contribution in [2.45, 2.75) is 32.5 Å². The van der Waals surface area contributed by atoms with Crippen molar-refractivity contribution in [3.05, 3.63) is 35.4 Å². The fourth-order valence-corrected chi connectivity index (χ4v) is 2.48. The number of carbonyl (C=O) groups is 1. The van der Waals surface area contributed by atoms with Crippen LogP contribution in [-0.4, -0.2) is 47.8 Å². The molecule has 1 aliphatic heterocycles. The standard InChI is InChI=1S/C17H21NO3/c1-13-11-18(12-14(2)21-13)17(20)16-8-5-7-15(10-16)6-3-4-9-19/h5,7-8,10,13-14,19H,4,9,11-12H2,1-2H3/t13-,14+. The zero-order valence-electron chi connectivity index (χ0n) is 12.5. The first kappa shape index (κ1) is 15.6. The molecule has 1 aromatic rings.